The van der Waals surface area contributed by atoms with Crippen LogP contribution in [0.3, 0.4) is 0 Å². The van der Waals surface area contributed by atoms with Gasteiger partial charge in [0.15, 0.2) is 0 Å². The fraction of sp³-hybridized carbons (Fsp3) is 0.538. The van der Waals surface area contributed by atoms with Gasteiger partial charge in [-0.25, -0.2) is 0 Å². The molecule has 1 aliphatic rings. The van der Waals surface area contributed by atoms with Gasteiger partial charge in [-0.2, -0.15) is 0 Å². The predicted octanol–water partition coefficient (Wildman–Crippen LogP) is 2.47. The molecule has 2 rings (SSSR count). The fourth-order valence-electron chi connectivity index (χ4n) is 2.53. The Bertz CT molecular complexity index is 380. The van der Waals surface area contributed by atoms with Crippen LogP contribution in [0.2, 0.25) is 5.02 Å². The SMILES string of the molecule is CNCCC1(O)CCCc2c(Cl)cccc21. The molecule has 0 radical (unpaired) electrons. The van der Waals surface area contributed by atoms with Gasteiger partial charge in [0, 0.05) is 5.02 Å². The van der Waals surface area contributed by atoms with E-state index in [-0.39, 0.29) is 0 Å². The first-order valence-corrected chi connectivity index (χ1v) is 6.20. The van der Waals surface area contributed by atoms with E-state index in [0.717, 1.165) is 48.4 Å². The molecular formula is C13H18ClNO. The smallest absolute Gasteiger partial charge is 0.0911 e. The lowest BCUT2D eigenvalue weighted by atomic mass is 9.77. The Morgan fingerprint density at radius 2 is 2.31 bits per heavy atom. The molecule has 0 spiro atoms. The minimum absolute atomic E-state index is 0.693. The van der Waals surface area contributed by atoms with Gasteiger partial charge in [0.1, 0.15) is 0 Å². The first kappa shape index (κ1) is 11.9. The molecule has 1 atom stereocenters. The minimum atomic E-state index is -0.693. The van der Waals surface area contributed by atoms with E-state index in [1.807, 2.05) is 25.2 Å². The molecule has 2 nitrogen and oxygen atoms in total. The molecule has 3 heteroatoms. The van der Waals surface area contributed by atoms with Crippen LogP contribution in [0.15, 0.2) is 18.2 Å². The molecule has 0 amide bonds. The van der Waals surface area contributed by atoms with Gasteiger partial charge in [0.25, 0.3) is 0 Å². The maximum Gasteiger partial charge on any atom is 0.0911 e. The van der Waals surface area contributed by atoms with E-state index in [9.17, 15) is 5.11 Å². The number of fused-ring (bicyclic) bond motifs is 1. The van der Waals surface area contributed by atoms with Crippen molar-refractivity contribution in [2.45, 2.75) is 31.3 Å². The lowest BCUT2D eigenvalue weighted by Gasteiger charge is -2.35. The van der Waals surface area contributed by atoms with Crippen molar-refractivity contribution in [2.24, 2.45) is 0 Å². The molecular weight excluding hydrogens is 222 g/mol. The Kier molecular flexibility index (Phi) is 3.53. The summed E-state index contributed by atoms with van der Waals surface area (Å²) in [6.07, 6.45) is 3.58. The maximum absolute atomic E-state index is 10.7. The molecule has 16 heavy (non-hydrogen) atoms. The highest BCUT2D eigenvalue weighted by Gasteiger charge is 2.34. The van der Waals surface area contributed by atoms with Gasteiger partial charge in [0.2, 0.25) is 0 Å². The number of rotatable bonds is 3. The van der Waals surface area contributed by atoms with Crippen LogP contribution >= 0.6 is 11.6 Å². The predicted molar refractivity (Wildman–Crippen MR) is 66.8 cm³/mol. The highest BCUT2D eigenvalue weighted by molar-refractivity contribution is 6.31. The van der Waals surface area contributed by atoms with Crippen molar-refractivity contribution in [3.63, 3.8) is 0 Å². The molecule has 0 aliphatic heterocycles. The zero-order chi connectivity index (χ0) is 11.6. The first-order chi connectivity index (χ1) is 7.67. The molecule has 0 saturated carbocycles. The molecule has 1 aromatic carbocycles. The number of halogens is 1. The zero-order valence-electron chi connectivity index (χ0n) is 9.59. The molecule has 2 N–H and O–H groups in total. The van der Waals surface area contributed by atoms with Crippen LogP contribution in [-0.4, -0.2) is 18.7 Å². The van der Waals surface area contributed by atoms with Gasteiger partial charge in [-0.3, -0.25) is 0 Å². The average Bonchev–Trinajstić information content (AvgIpc) is 2.28. The number of hydrogen-bond acceptors (Lipinski definition) is 2. The standard InChI is InChI=1S/C13H18ClNO/c1-15-9-8-13(16)7-3-4-10-11(13)5-2-6-12(10)14/h2,5-6,15-16H,3-4,7-9H2,1H3. The van der Waals surface area contributed by atoms with E-state index >= 15 is 0 Å². The molecule has 1 unspecified atom stereocenters. The quantitative estimate of drug-likeness (QED) is 0.850. The highest BCUT2D eigenvalue weighted by Crippen LogP contribution is 2.40. The van der Waals surface area contributed by atoms with E-state index in [0.29, 0.717) is 0 Å². The van der Waals surface area contributed by atoms with Crippen LogP contribution in [0.25, 0.3) is 0 Å². The monoisotopic (exact) mass is 239 g/mol. The molecule has 88 valence electrons. The summed E-state index contributed by atoms with van der Waals surface area (Å²) in [5.74, 6) is 0. The summed E-state index contributed by atoms with van der Waals surface area (Å²) < 4.78 is 0. The number of aliphatic hydroxyl groups is 1. The second-order valence-corrected chi connectivity index (χ2v) is 4.91. The van der Waals surface area contributed by atoms with Crippen molar-refractivity contribution in [1.29, 1.82) is 0 Å². The molecule has 0 aromatic heterocycles. The molecule has 0 bridgehead atoms. The van der Waals surface area contributed by atoms with Gasteiger partial charge in [-0.15, -0.1) is 0 Å². The molecule has 1 aliphatic carbocycles. The van der Waals surface area contributed by atoms with Crippen LogP contribution in [0.1, 0.15) is 30.4 Å². The molecule has 0 fully saturated rings. The summed E-state index contributed by atoms with van der Waals surface area (Å²) in [5, 5.41) is 14.6. The van der Waals surface area contributed by atoms with Gasteiger partial charge >= 0.3 is 0 Å². The van der Waals surface area contributed by atoms with Crippen molar-refractivity contribution in [3.8, 4) is 0 Å². The van der Waals surface area contributed by atoms with Crippen molar-refractivity contribution in [2.75, 3.05) is 13.6 Å². The number of hydrogen-bond donors (Lipinski definition) is 2. The van der Waals surface area contributed by atoms with Gasteiger partial charge < -0.3 is 10.4 Å². The summed E-state index contributed by atoms with van der Waals surface area (Å²) >= 11 is 6.18. The Morgan fingerprint density at radius 1 is 1.50 bits per heavy atom. The largest absolute Gasteiger partial charge is 0.385 e. The van der Waals surface area contributed by atoms with Crippen LogP contribution in [0.5, 0.6) is 0 Å². The summed E-state index contributed by atoms with van der Waals surface area (Å²) in [5.41, 5.74) is 1.47. The summed E-state index contributed by atoms with van der Waals surface area (Å²) in [6, 6.07) is 5.84. The topological polar surface area (TPSA) is 32.3 Å². The van der Waals surface area contributed by atoms with Gasteiger partial charge in [-0.05, 0) is 56.5 Å². The summed E-state index contributed by atoms with van der Waals surface area (Å²) in [6.45, 7) is 0.822. The molecule has 0 saturated heterocycles. The van der Waals surface area contributed by atoms with Crippen molar-refractivity contribution < 1.29 is 5.11 Å². The second kappa shape index (κ2) is 4.74. The third-order valence-corrected chi connectivity index (χ3v) is 3.78. The normalized spacial score (nSPS) is 24.2. The van der Waals surface area contributed by atoms with Crippen LogP contribution < -0.4 is 5.32 Å². The Hall–Kier alpha value is -0.570. The molecule has 0 heterocycles. The van der Waals surface area contributed by atoms with Gasteiger partial charge in [0.05, 0.1) is 5.60 Å². The van der Waals surface area contributed by atoms with E-state index in [2.05, 4.69) is 5.32 Å². The summed E-state index contributed by atoms with van der Waals surface area (Å²) in [4.78, 5) is 0. The Morgan fingerprint density at radius 3 is 3.06 bits per heavy atom. The fourth-order valence-corrected chi connectivity index (χ4v) is 2.80. The summed E-state index contributed by atoms with van der Waals surface area (Å²) in [7, 11) is 1.91. The number of benzene rings is 1. The van der Waals surface area contributed by atoms with E-state index < -0.39 is 5.60 Å². The third-order valence-electron chi connectivity index (χ3n) is 3.43. The minimum Gasteiger partial charge on any atom is -0.385 e. The Balaban J connectivity index is 2.35. The highest BCUT2D eigenvalue weighted by atomic mass is 35.5. The maximum atomic E-state index is 10.7. The van der Waals surface area contributed by atoms with Crippen molar-refractivity contribution >= 4 is 11.6 Å². The van der Waals surface area contributed by atoms with Gasteiger partial charge in [-0.1, -0.05) is 23.7 Å². The first-order valence-electron chi connectivity index (χ1n) is 5.82. The van der Waals surface area contributed by atoms with Crippen LogP contribution in [-0.2, 0) is 12.0 Å². The van der Waals surface area contributed by atoms with Crippen LogP contribution in [0.4, 0.5) is 0 Å². The zero-order valence-corrected chi connectivity index (χ0v) is 10.3. The number of nitrogens with one attached hydrogen (secondary N) is 1. The lowest BCUT2D eigenvalue weighted by Crippen LogP contribution is -2.33. The van der Waals surface area contributed by atoms with Crippen molar-refractivity contribution in [3.05, 3.63) is 34.3 Å². The third kappa shape index (κ3) is 2.10. The van der Waals surface area contributed by atoms with E-state index in [4.69, 9.17) is 11.6 Å². The van der Waals surface area contributed by atoms with E-state index in [1.165, 1.54) is 0 Å². The average molecular weight is 240 g/mol. The van der Waals surface area contributed by atoms with Crippen molar-refractivity contribution in [1.82, 2.24) is 5.32 Å². The lowest BCUT2D eigenvalue weighted by molar-refractivity contribution is 0.0109. The van der Waals surface area contributed by atoms with Crippen LogP contribution in [0, 0.1) is 0 Å². The van der Waals surface area contributed by atoms with E-state index in [1.54, 1.807) is 0 Å². The molecule has 1 aromatic rings. The second-order valence-electron chi connectivity index (χ2n) is 4.50. The Labute approximate surface area is 102 Å².